The van der Waals surface area contributed by atoms with E-state index in [1.165, 1.54) is 29.8 Å². The summed E-state index contributed by atoms with van der Waals surface area (Å²) in [6, 6.07) is 11.2. The molecule has 2 aromatic carbocycles. The molecule has 0 fully saturated rings. The van der Waals surface area contributed by atoms with Crippen molar-refractivity contribution < 1.29 is 19.8 Å². The van der Waals surface area contributed by atoms with E-state index in [0.717, 1.165) is 32.3 Å². The summed E-state index contributed by atoms with van der Waals surface area (Å²) in [5, 5.41) is 23.1. The Morgan fingerprint density at radius 1 is 1.00 bits per heavy atom. The molecule has 4 rings (SSSR count). The van der Waals surface area contributed by atoms with Crippen LogP contribution in [0.3, 0.4) is 0 Å². The van der Waals surface area contributed by atoms with Crippen molar-refractivity contribution in [2.45, 2.75) is 6.92 Å². The van der Waals surface area contributed by atoms with Gasteiger partial charge in [0.25, 0.3) is 0 Å². The molecule has 0 spiro atoms. The highest BCUT2D eigenvalue weighted by Crippen LogP contribution is 2.41. The van der Waals surface area contributed by atoms with Gasteiger partial charge in [0, 0.05) is 21.2 Å². The van der Waals surface area contributed by atoms with E-state index in [0.29, 0.717) is 16.5 Å². The maximum atomic E-state index is 11.4. The maximum Gasteiger partial charge on any atom is 0.335 e. The van der Waals surface area contributed by atoms with Crippen LogP contribution in [-0.4, -0.2) is 32.1 Å². The van der Waals surface area contributed by atoms with Crippen LogP contribution >= 0.6 is 22.9 Å². The van der Waals surface area contributed by atoms with E-state index in [9.17, 15) is 19.8 Å². The van der Waals surface area contributed by atoms with Crippen LogP contribution in [0.25, 0.3) is 21.3 Å². The van der Waals surface area contributed by atoms with Gasteiger partial charge in [-0.15, -0.1) is 11.3 Å². The Kier molecular flexibility index (Phi) is 5.11. The second-order valence-electron chi connectivity index (χ2n) is 6.48. The third-order valence-corrected chi connectivity index (χ3v) is 5.75. The average Bonchev–Trinajstić information content (AvgIpc) is 3.05. The molecule has 2 heterocycles. The van der Waals surface area contributed by atoms with Crippen LogP contribution in [0.1, 0.15) is 25.6 Å². The lowest BCUT2D eigenvalue weighted by atomic mass is 10.0. The van der Waals surface area contributed by atoms with Crippen LogP contribution in [0.2, 0.25) is 5.02 Å². The minimum Gasteiger partial charge on any atom is -0.478 e. The Morgan fingerprint density at radius 2 is 1.63 bits per heavy atom. The lowest BCUT2D eigenvalue weighted by molar-refractivity contribution is 0.0696. The molecule has 9 heteroatoms. The zero-order chi connectivity index (χ0) is 21.4. The zero-order valence-electron chi connectivity index (χ0n) is 15.5. The van der Waals surface area contributed by atoms with Crippen molar-refractivity contribution in [1.29, 1.82) is 0 Å². The Balaban J connectivity index is 1.87. The first-order chi connectivity index (χ1) is 14.3. The van der Waals surface area contributed by atoms with E-state index in [4.69, 9.17) is 11.6 Å². The molecule has 0 amide bonds. The minimum atomic E-state index is -1.22. The third-order valence-electron chi connectivity index (χ3n) is 4.49. The predicted molar refractivity (Wildman–Crippen MR) is 116 cm³/mol. The highest BCUT2D eigenvalue weighted by Gasteiger charge is 2.18. The quantitative estimate of drug-likeness (QED) is 0.378. The molecule has 0 bridgehead atoms. The number of carboxylic acid groups (broad SMARTS) is 2. The van der Waals surface area contributed by atoms with E-state index < -0.39 is 11.9 Å². The van der Waals surface area contributed by atoms with Crippen LogP contribution in [0.5, 0.6) is 0 Å². The number of nitrogens with one attached hydrogen (secondary N) is 1. The monoisotopic (exact) mass is 439 g/mol. The summed E-state index contributed by atoms with van der Waals surface area (Å²) < 4.78 is 0. The van der Waals surface area contributed by atoms with Gasteiger partial charge in [-0.3, -0.25) is 0 Å². The van der Waals surface area contributed by atoms with Crippen LogP contribution in [-0.2, 0) is 0 Å². The van der Waals surface area contributed by atoms with Crippen LogP contribution in [0.15, 0.2) is 48.8 Å². The number of anilines is 2. The first-order valence-electron chi connectivity index (χ1n) is 8.72. The van der Waals surface area contributed by atoms with Crippen molar-refractivity contribution >= 4 is 56.6 Å². The fourth-order valence-corrected chi connectivity index (χ4v) is 4.33. The summed E-state index contributed by atoms with van der Waals surface area (Å²) in [4.78, 5) is 33.3. The fraction of sp³-hybridized carbons (Fsp3) is 0.0476. The molecule has 3 N–H and O–H groups in total. The first-order valence-corrected chi connectivity index (χ1v) is 9.91. The van der Waals surface area contributed by atoms with E-state index in [1.54, 1.807) is 12.1 Å². The predicted octanol–water partition coefficient (Wildman–Crippen LogP) is 5.46. The normalized spacial score (nSPS) is 10.9. The second kappa shape index (κ2) is 7.74. The molecule has 30 heavy (non-hydrogen) atoms. The van der Waals surface area contributed by atoms with E-state index >= 15 is 0 Å². The lowest BCUT2D eigenvalue weighted by Gasteiger charge is -2.11. The number of hydrogen-bond donors (Lipinski definition) is 3. The number of aromatic nitrogens is 2. The summed E-state index contributed by atoms with van der Waals surface area (Å²) in [6.45, 7) is 1.98. The lowest BCUT2D eigenvalue weighted by Crippen LogP contribution is -2.05. The number of hydrogen-bond acceptors (Lipinski definition) is 6. The molecule has 0 saturated heterocycles. The minimum absolute atomic E-state index is 0.137. The smallest absolute Gasteiger partial charge is 0.335 e. The SMILES string of the molecule is Cc1sc2ncnc(Nc3cc(C(=O)O)cc(C(=O)O)c3)c2c1-c1ccc(Cl)cc1. The molecule has 2 aromatic heterocycles. The van der Waals surface area contributed by atoms with Crippen molar-refractivity contribution in [3.8, 4) is 11.1 Å². The summed E-state index contributed by atoms with van der Waals surface area (Å²) in [7, 11) is 0. The standard InChI is InChI=1S/C21H14ClN3O4S/c1-10-16(11-2-4-14(22)5-3-11)17-18(23-9-24-19(17)30-10)25-15-7-12(20(26)27)6-13(8-15)21(28)29/h2-9H,1H3,(H,26,27)(H,28,29)(H,23,24,25). The summed E-state index contributed by atoms with van der Waals surface area (Å²) >= 11 is 7.53. The number of benzene rings is 2. The van der Waals surface area contributed by atoms with Gasteiger partial charge in [0.15, 0.2) is 0 Å². The fourth-order valence-electron chi connectivity index (χ4n) is 3.19. The van der Waals surface area contributed by atoms with Crippen molar-refractivity contribution in [3.63, 3.8) is 0 Å². The molecule has 0 saturated carbocycles. The molecule has 4 aromatic rings. The summed E-state index contributed by atoms with van der Waals surface area (Å²) in [6.07, 6.45) is 1.41. The molecule has 0 aliphatic carbocycles. The highest BCUT2D eigenvalue weighted by atomic mass is 35.5. The number of aromatic carboxylic acids is 2. The molecule has 7 nitrogen and oxygen atoms in total. The Morgan fingerprint density at radius 3 is 2.23 bits per heavy atom. The van der Waals surface area contributed by atoms with Crippen molar-refractivity contribution in [1.82, 2.24) is 9.97 Å². The van der Waals surface area contributed by atoms with Gasteiger partial charge in [-0.25, -0.2) is 19.6 Å². The van der Waals surface area contributed by atoms with Gasteiger partial charge in [-0.05, 0) is 42.8 Å². The number of thiophene rings is 1. The van der Waals surface area contributed by atoms with Gasteiger partial charge < -0.3 is 15.5 Å². The van der Waals surface area contributed by atoms with Crippen LogP contribution < -0.4 is 5.32 Å². The number of aryl methyl sites for hydroxylation is 1. The molecular formula is C21H14ClN3O4S. The molecule has 0 atom stereocenters. The number of carbonyl (C=O) groups is 2. The Labute approximate surface area is 179 Å². The largest absolute Gasteiger partial charge is 0.478 e. The number of nitrogens with zero attached hydrogens (tertiary/aromatic N) is 2. The van der Waals surface area contributed by atoms with E-state index in [1.807, 2.05) is 19.1 Å². The number of rotatable bonds is 5. The molecular weight excluding hydrogens is 426 g/mol. The molecule has 0 unspecified atom stereocenters. The van der Waals surface area contributed by atoms with Crippen LogP contribution in [0.4, 0.5) is 11.5 Å². The van der Waals surface area contributed by atoms with E-state index in [2.05, 4.69) is 15.3 Å². The first kappa shape index (κ1) is 19.8. The molecule has 0 aliphatic rings. The van der Waals surface area contributed by atoms with Gasteiger partial charge in [-0.2, -0.15) is 0 Å². The van der Waals surface area contributed by atoms with E-state index in [-0.39, 0.29) is 11.1 Å². The van der Waals surface area contributed by atoms with Crippen molar-refractivity contribution in [3.05, 3.63) is 69.8 Å². The average molecular weight is 440 g/mol. The topological polar surface area (TPSA) is 112 Å². The molecule has 0 aliphatic heterocycles. The summed E-state index contributed by atoms with van der Waals surface area (Å²) in [5.41, 5.74) is 1.90. The van der Waals surface area contributed by atoms with Gasteiger partial charge in [0.05, 0.1) is 16.5 Å². The number of fused-ring (bicyclic) bond motifs is 1. The van der Waals surface area contributed by atoms with Crippen LogP contribution in [0, 0.1) is 6.92 Å². The number of halogens is 1. The molecule has 0 radical (unpaired) electrons. The Bertz CT molecular complexity index is 1270. The van der Waals surface area contributed by atoms with Gasteiger partial charge >= 0.3 is 11.9 Å². The third kappa shape index (κ3) is 3.70. The number of carboxylic acids is 2. The zero-order valence-corrected chi connectivity index (χ0v) is 17.1. The van der Waals surface area contributed by atoms with Gasteiger partial charge in [-0.1, -0.05) is 23.7 Å². The Hall–Kier alpha value is -3.49. The van der Waals surface area contributed by atoms with Crippen molar-refractivity contribution in [2.75, 3.05) is 5.32 Å². The summed E-state index contributed by atoms with van der Waals surface area (Å²) in [5.74, 6) is -1.99. The van der Waals surface area contributed by atoms with Crippen molar-refractivity contribution in [2.24, 2.45) is 0 Å². The maximum absolute atomic E-state index is 11.4. The van der Waals surface area contributed by atoms with Gasteiger partial charge in [0.1, 0.15) is 17.0 Å². The highest BCUT2D eigenvalue weighted by molar-refractivity contribution is 7.19. The second-order valence-corrected chi connectivity index (χ2v) is 8.12. The van der Waals surface area contributed by atoms with Gasteiger partial charge in [0.2, 0.25) is 0 Å². The molecule has 150 valence electrons.